The van der Waals surface area contributed by atoms with Crippen LogP contribution in [0.5, 0.6) is 0 Å². The van der Waals surface area contributed by atoms with E-state index < -0.39 is 17.2 Å². The number of carboxylic acids is 1. The van der Waals surface area contributed by atoms with Gasteiger partial charge in [-0.25, -0.2) is 9.18 Å². The van der Waals surface area contributed by atoms with E-state index in [1.54, 1.807) is 4.40 Å². The van der Waals surface area contributed by atoms with Crippen molar-refractivity contribution in [2.75, 3.05) is 6.61 Å². The van der Waals surface area contributed by atoms with Gasteiger partial charge in [0.25, 0.3) is 0 Å². The van der Waals surface area contributed by atoms with Crippen LogP contribution < -0.4 is 0 Å². The van der Waals surface area contributed by atoms with Gasteiger partial charge in [0.05, 0.1) is 28.2 Å². The number of rotatable bonds is 3. The van der Waals surface area contributed by atoms with Crippen molar-refractivity contribution >= 4 is 11.5 Å². The fourth-order valence-corrected chi connectivity index (χ4v) is 4.21. The van der Waals surface area contributed by atoms with Crippen LogP contribution >= 0.6 is 0 Å². The number of halogens is 1. The lowest BCUT2D eigenvalue weighted by atomic mass is 9.84. The summed E-state index contributed by atoms with van der Waals surface area (Å²) in [6.07, 6.45) is 5.98. The van der Waals surface area contributed by atoms with Gasteiger partial charge >= 0.3 is 5.97 Å². The number of hydrogen-bond donors (Lipinski definition) is 1. The molecule has 4 rings (SSSR count). The lowest BCUT2D eigenvalue weighted by Crippen LogP contribution is -2.33. The van der Waals surface area contributed by atoms with Crippen molar-refractivity contribution in [1.29, 1.82) is 5.26 Å². The molecule has 136 valence electrons. The van der Waals surface area contributed by atoms with E-state index >= 15 is 4.39 Å². The average molecular weight is 356 g/mol. The summed E-state index contributed by atoms with van der Waals surface area (Å²) in [5.41, 5.74) is 0.270. The maximum absolute atomic E-state index is 15.1. The first-order valence-electron chi connectivity index (χ1n) is 8.89. The number of carbonyl (C=O) groups is 1. The molecule has 2 fully saturated rings. The van der Waals surface area contributed by atoms with E-state index in [0.717, 1.165) is 18.4 Å². The van der Waals surface area contributed by atoms with E-state index in [0.29, 0.717) is 25.0 Å². The summed E-state index contributed by atoms with van der Waals surface area (Å²) < 4.78 is 22.4. The molecule has 0 amide bonds. The second-order valence-corrected chi connectivity index (χ2v) is 8.09. The molecule has 1 saturated heterocycles. The topological polar surface area (TPSA) is 74.7 Å². The first-order valence-corrected chi connectivity index (χ1v) is 8.89. The van der Waals surface area contributed by atoms with Gasteiger partial charge in [-0.3, -0.25) is 0 Å². The van der Waals surface area contributed by atoms with Gasteiger partial charge < -0.3 is 14.2 Å². The maximum atomic E-state index is 15.1. The van der Waals surface area contributed by atoms with Gasteiger partial charge in [-0.2, -0.15) is 5.26 Å². The van der Waals surface area contributed by atoms with Crippen molar-refractivity contribution in [3.8, 4) is 6.07 Å². The summed E-state index contributed by atoms with van der Waals surface area (Å²) >= 11 is 0. The lowest BCUT2D eigenvalue weighted by molar-refractivity contribution is -0.0593. The predicted octanol–water partition coefficient (Wildman–Crippen LogP) is 4.00. The van der Waals surface area contributed by atoms with Gasteiger partial charge in [-0.15, -0.1) is 0 Å². The number of carboxylic acid groups (broad SMARTS) is 1. The summed E-state index contributed by atoms with van der Waals surface area (Å²) in [5.74, 6) is -1.43. The first kappa shape index (κ1) is 17.0. The Balaban J connectivity index is 1.87. The van der Waals surface area contributed by atoms with Crippen LogP contribution in [-0.2, 0) is 10.2 Å². The molecular formula is C20H21FN2O3. The van der Waals surface area contributed by atoms with Gasteiger partial charge in [0.2, 0.25) is 0 Å². The summed E-state index contributed by atoms with van der Waals surface area (Å²) in [5, 5.41) is 19.1. The van der Waals surface area contributed by atoms with E-state index in [4.69, 9.17) is 4.74 Å². The monoisotopic (exact) mass is 356 g/mol. The third kappa shape index (κ3) is 2.58. The zero-order valence-electron chi connectivity index (χ0n) is 14.9. The van der Waals surface area contributed by atoms with Gasteiger partial charge in [-0.05, 0) is 57.1 Å². The van der Waals surface area contributed by atoms with E-state index in [1.165, 1.54) is 12.3 Å². The standard InChI is InChI=1S/C20H21FN2O3/c1-19(2)8-12(3-6-26-19)13-7-15(21)17-16(20(11-22)4-5-20)14(18(24)25)10-23(17)9-13/h7,9-10,12H,3-6,8H2,1-2H3,(H,24,25)/t12-/m1/s1. The molecule has 0 spiro atoms. The molecule has 1 N–H and O–H groups in total. The zero-order valence-corrected chi connectivity index (χ0v) is 14.9. The smallest absolute Gasteiger partial charge is 0.337 e. The van der Waals surface area contributed by atoms with Crippen LogP contribution in [-0.4, -0.2) is 27.7 Å². The van der Waals surface area contributed by atoms with Crippen LogP contribution in [0.2, 0.25) is 0 Å². The number of fused-ring (bicyclic) bond motifs is 1. The second kappa shape index (κ2) is 5.55. The summed E-state index contributed by atoms with van der Waals surface area (Å²) in [6, 6.07) is 3.70. The summed E-state index contributed by atoms with van der Waals surface area (Å²) in [6.45, 7) is 4.66. The third-order valence-corrected chi connectivity index (χ3v) is 5.68. The van der Waals surface area contributed by atoms with Crippen LogP contribution in [0.25, 0.3) is 5.52 Å². The molecule has 0 radical (unpaired) electrons. The molecule has 0 unspecified atom stereocenters. The molecule has 1 atom stereocenters. The van der Waals surface area contributed by atoms with E-state index in [9.17, 15) is 15.2 Å². The van der Waals surface area contributed by atoms with Crippen LogP contribution in [0.1, 0.15) is 66.9 Å². The predicted molar refractivity (Wildman–Crippen MR) is 92.8 cm³/mol. The molecule has 6 heteroatoms. The van der Waals surface area contributed by atoms with Gasteiger partial charge in [-0.1, -0.05) is 0 Å². The second-order valence-electron chi connectivity index (χ2n) is 8.09. The molecule has 0 bridgehead atoms. The van der Waals surface area contributed by atoms with E-state index in [2.05, 4.69) is 6.07 Å². The normalized spacial score (nSPS) is 23.5. The Hall–Kier alpha value is -2.39. The molecule has 1 aliphatic heterocycles. The first-order chi connectivity index (χ1) is 12.3. The highest BCUT2D eigenvalue weighted by atomic mass is 19.1. The Labute approximate surface area is 151 Å². The number of aromatic nitrogens is 1. The zero-order chi connectivity index (χ0) is 18.7. The number of aromatic carboxylic acids is 1. The van der Waals surface area contributed by atoms with Crippen molar-refractivity contribution in [2.24, 2.45) is 0 Å². The minimum atomic E-state index is -1.13. The number of hydrogen-bond acceptors (Lipinski definition) is 3. The third-order valence-electron chi connectivity index (χ3n) is 5.68. The Morgan fingerprint density at radius 3 is 2.73 bits per heavy atom. The Kier molecular flexibility index (Phi) is 3.64. The van der Waals surface area contributed by atoms with Crippen LogP contribution in [0, 0.1) is 17.1 Å². The molecule has 1 aliphatic carbocycles. The van der Waals surface area contributed by atoms with Gasteiger partial charge in [0.15, 0.2) is 0 Å². The fourth-order valence-electron chi connectivity index (χ4n) is 4.21. The lowest BCUT2D eigenvalue weighted by Gasteiger charge is -2.35. The number of nitriles is 1. The van der Waals surface area contributed by atoms with Crippen molar-refractivity contribution < 1.29 is 19.0 Å². The van der Waals surface area contributed by atoms with E-state index in [1.807, 2.05) is 20.0 Å². The molecule has 2 aromatic heterocycles. The summed E-state index contributed by atoms with van der Waals surface area (Å²) in [4.78, 5) is 11.7. The van der Waals surface area contributed by atoms with Gasteiger partial charge in [0.1, 0.15) is 5.82 Å². The summed E-state index contributed by atoms with van der Waals surface area (Å²) in [7, 11) is 0. The number of nitrogens with zero attached hydrogens (tertiary/aromatic N) is 2. The number of ether oxygens (including phenoxy) is 1. The van der Waals surface area contributed by atoms with Gasteiger partial charge in [0, 0.05) is 24.6 Å². The molecule has 3 heterocycles. The minimum absolute atomic E-state index is 0.0207. The molecule has 26 heavy (non-hydrogen) atoms. The Bertz CT molecular complexity index is 950. The highest BCUT2D eigenvalue weighted by Gasteiger charge is 2.49. The minimum Gasteiger partial charge on any atom is -0.478 e. The fraction of sp³-hybridized carbons (Fsp3) is 0.500. The highest BCUT2D eigenvalue weighted by Crippen LogP contribution is 2.51. The van der Waals surface area contributed by atoms with Crippen molar-refractivity contribution in [1.82, 2.24) is 4.40 Å². The van der Waals surface area contributed by atoms with Crippen LogP contribution in [0.15, 0.2) is 18.5 Å². The Morgan fingerprint density at radius 2 is 2.15 bits per heavy atom. The SMILES string of the molecule is CC1(C)C[C@H](c2cc(F)c3c(C4(C#N)CC4)c(C(=O)O)cn3c2)CCO1. The molecule has 2 aliphatic rings. The molecule has 2 aromatic rings. The quantitative estimate of drug-likeness (QED) is 0.902. The van der Waals surface area contributed by atoms with Crippen LogP contribution in [0.3, 0.4) is 0 Å². The van der Waals surface area contributed by atoms with Crippen LogP contribution in [0.4, 0.5) is 4.39 Å². The average Bonchev–Trinajstić information content (AvgIpc) is 3.26. The molecular weight excluding hydrogens is 335 g/mol. The highest BCUT2D eigenvalue weighted by molar-refractivity contribution is 5.94. The molecule has 0 aromatic carbocycles. The largest absolute Gasteiger partial charge is 0.478 e. The Morgan fingerprint density at radius 1 is 1.42 bits per heavy atom. The van der Waals surface area contributed by atoms with Crippen molar-refractivity contribution in [3.05, 3.63) is 41.0 Å². The molecule has 1 saturated carbocycles. The maximum Gasteiger partial charge on any atom is 0.337 e. The molecule has 5 nitrogen and oxygen atoms in total. The van der Waals surface area contributed by atoms with Crippen molar-refractivity contribution in [3.63, 3.8) is 0 Å². The number of pyridine rings is 1. The van der Waals surface area contributed by atoms with Crippen molar-refractivity contribution in [2.45, 2.75) is 56.5 Å². The van der Waals surface area contributed by atoms with E-state index in [-0.39, 0.29) is 22.6 Å².